The van der Waals surface area contributed by atoms with Crippen molar-refractivity contribution in [2.75, 3.05) is 17.2 Å². The molecule has 2 saturated heterocycles. The highest BCUT2D eigenvalue weighted by atomic mass is 32.2. The lowest BCUT2D eigenvalue weighted by Crippen LogP contribution is -2.38. The number of fused-ring (bicyclic) bond motifs is 2. The van der Waals surface area contributed by atoms with Gasteiger partial charge in [-0.05, 0) is 30.3 Å². The van der Waals surface area contributed by atoms with E-state index in [2.05, 4.69) is 9.88 Å². The minimum Gasteiger partial charge on any atom is -0.343 e. The van der Waals surface area contributed by atoms with Gasteiger partial charge in [0.2, 0.25) is 5.78 Å². The number of benzene rings is 1. The minimum atomic E-state index is -4.39. The highest BCUT2D eigenvalue weighted by Gasteiger charge is 2.44. The Balaban J connectivity index is 1.52. The first kappa shape index (κ1) is 18.0. The molecule has 4 nitrogen and oxygen atoms in total. The summed E-state index contributed by atoms with van der Waals surface area (Å²) in [4.78, 5) is 19.4. The van der Waals surface area contributed by atoms with E-state index >= 15 is 0 Å². The van der Waals surface area contributed by atoms with Crippen molar-refractivity contribution >= 4 is 44.8 Å². The third-order valence-corrected chi connectivity index (χ3v) is 7.95. The van der Waals surface area contributed by atoms with E-state index in [0.717, 1.165) is 6.42 Å². The lowest BCUT2D eigenvalue weighted by Gasteiger charge is -2.25. The Kier molecular flexibility index (Phi) is 4.60. The Morgan fingerprint density at radius 3 is 2.85 bits per heavy atom. The van der Waals surface area contributed by atoms with Gasteiger partial charge in [-0.2, -0.15) is 13.2 Å². The number of hydrogen-bond acceptors (Lipinski definition) is 6. The quantitative estimate of drug-likeness (QED) is 0.560. The molecule has 0 amide bonds. The molecule has 2 aromatic rings. The SMILES string of the molecule is O=C(c1cccc(SC(F)(F)F)c1)c1cnc(N2CC3CC2CS3=O)s1. The molecule has 2 aliphatic heterocycles. The molecule has 3 atom stereocenters. The van der Waals surface area contributed by atoms with E-state index in [-0.39, 0.29) is 39.3 Å². The number of carbonyl (C=O) groups is 1. The Labute approximate surface area is 158 Å². The van der Waals surface area contributed by atoms with Crippen LogP contribution in [0.25, 0.3) is 0 Å². The summed E-state index contributed by atoms with van der Waals surface area (Å²) in [5, 5.41) is 0.873. The van der Waals surface area contributed by atoms with E-state index in [1.165, 1.54) is 41.8 Å². The Bertz CT molecular complexity index is 884. The van der Waals surface area contributed by atoms with Gasteiger partial charge in [-0.25, -0.2) is 4.98 Å². The fraction of sp³-hybridized carbons (Fsp3) is 0.375. The summed E-state index contributed by atoms with van der Waals surface area (Å²) in [6, 6.07) is 5.72. The van der Waals surface area contributed by atoms with E-state index in [1.807, 2.05) is 0 Å². The molecule has 3 heterocycles. The summed E-state index contributed by atoms with van der Waals surface area (Å²) >= 11 is 0.990. The average molecular weight is 418 g/mol. The van der Waals surface area contributed by atoms with Crippen LogP contribution in [0.15, 0.2) is 35.4 Å². The first-order valence-electron chi connectivity index (χ1n) is 7.80. The second-order valence-electron chi connectivity index (χ2n) is 6.12. The molecule has 0 spiro atoms. The molecule has 2 bridgehead atoms. The number of thioether (sulfide) groups is 1. The molecule has 2 fully saturated rings. The first-order chi connectivity index (χ1) is 12.3. The van der Waals surface area contributed by atoms with Crippen LogP contribution in [0.3, 0.4) is 0 Å². The van der Waals surface area contributed by atoms with Gasteiger partial charge in [0.05, 0.1) is 16.3 Å². The smallest absolute Gasteiger partial charge is 0.343 e. The zero-order valence-electron chi connectivity index (χ0n) is 13.2. The van der Waals surface area contributed by atoms with Gasteiger partial charge in [-0.1, -0.05) is 23.5 Å². The maximum absolute atomic E-state index is 12.6. The molecule has 0 N–H and O–H groups in total. The van der Waals surface area contributed by atoms with Crippen LogP contribution in [0.4, 0.5) is 18.3 Å². The first-order valence-corrected chi connectivity index (χ1v) is 10.8. The van der Waals surface area contributed by atoms with Gasteiger partial charge in [-0.3, -0.25) is 9.00 Å². The fourth-order valence-corrected chi connectivity index (χ4v) is 6.55. The highest BCUT2D eigenvalue weighted by Crippen LogP contribution is 2.38. The largest absolute Gasteiger partial charge is 0.446 e. The molecular weight excluding hydrogens is 405 g/mol. The normalized spacial score (nSPS) is 25.0. The zero-order chi connectivity index (χ0) is 18.5. The van der Waals surface area contributed by atoms with Gasteiger partial charge < -0.3 is 4.90 Å². The summed E-state index contributed by atoms with van der Waals surface area (Å²) in [6.45, 7) is 0.677. The van der Waals surface area contributed by atoms with Crippen molar-refractivity contribution in [3.05, 3.63) is 40.9 Å². The molecule has 138 valence electrons. The average Bonchev–Trinajstić information content (AvgIpc) is 3.27. The lowest BCUT2D eigenvalue weighted by molar-refractivity contribution is -0.0328. The molecule has 0 aliphatic carbocycles. The number of rotatable bonds is 4. The molecule has 10 heteroatoms. The van der Waals surface area contributed by atoms with Crippen molar-refractivity contribution < 1.29 is 22.2 Å². The lowest BCUT2D eigenvalue weighted by atomic mass is 10.1. The van der Waals surface area contributed by atoms with Crippen LogP contribution in [0.2, 0.25) is 0 Å². The van der Waals surface area contributed by atoms with Gasteiger partial charge >= 0.3 is 5.51 Å². The van der Waals surface area contributed by atoms with E-state index in [4.69, 9.17) is 0 Å². The molecule has 1 aromatic carbocycles. The van der Waals surface area contributed by atoms with Crippen LogP contribution in [-0.4, -0.2) is 44.1 Å². The summed E-state index contributed by atoms with van der Waals surface area (Å²) < 4.78 is 49.3. The van der Waals surface area contributed by atoms with Crippen LogP contribution < -0.4 is 4.90 Å². The Hall–Kier alpha value is -1.39. The molecule has 3 unspecified atom stereocenters. The number of aromatic nitrogens is 1. The Morgan fingerprint density at radius 1 is 1.38 bits per heavy atom. The zero-order valence-corrected chi connectivity index (χ0v) is 15.7. The second kappa shape index (κ2) is 6.65. The van der Waals surface area contributed by atoms with Gasteiger partial charge in [0.25, 0.3) is 0 Å². The third-order valence-electron chi connectivity index (χ3n) is 4.40. The molecule has 1 aromatic heterocycles. The van der Waals surface area contributed by atoms with Crippen LogP contribution >= 0.6 is 23.1 Å². The van der Waals surface area contributed by atoms with Gasteiger partial charge in [0, 0.05) is 39.6 Å². The highest BCUT2D eigenvalue weighted by molar-refractivity contribution is 8.00. The van der Waals surface area contributed by atoms with Crippen molar-refractivity contribution in [1.82, 2.24) is 4.98 Å². The van der Waals surface area contributed by atoms with Crippen LogP contribution in [-0.2, 0) is 10.8 Å². The van der Waals surface area contributed by atoms with E-state index in [0.29, 0.717) is 22.3 Å². The number of thiazole rings is 1. The van der Waals surface area contributed by atoms with E-state index in [1.54, 1.807) is 0 Å². The molecular formula is C16H13F3N2O2S3. The second-order valence-corrected chi connectivity index (χ2v) is 10.0. The standard InChI is InChI=1S/C16H13F3N2O2S3/c17-16(18,19)25-11-3-1-2-9(4-11)14(22)13-6-20-15(24-13)21-7-12-5-10(21)8-26(12)23/h1-4,6,10,12H,5,7-8H2. The van der Waals surface area contributed by atoms with Gasteiger partial charge in [0.15, 0.2) is 5.13 Å². The summed E-state index contributed by atoms with van der Waals surface area (Å²) in [6.07, 6.45) is 2.35. The predicted octanol–water partition coefficient (Wildman–Crippen LogP) is 3.70. The van der Waals surface area contributed by atoms with Crippen molar-refractivity contribution in [2.45, 2.75) is 28.1 Å². The molecule has 4 rings (SSSR count). The summed E-state index contributed by atoms with van der Waals surface area (Å²) in [7, 11) is -0.774. The maximum Gasteiger partial charge on any atom is 0.446 e. The van der Waals surface area contributed by atoms with Crippen molar-refractivity contribution in [3.63, 3.8) is 0 Å². The number of alkyl halides is 3. The van der Waals surface area contributed by atoms with Crippen LogP contribution in [0.1, 0.15) is 21.7 Å². The van der Waals surface area contributed by atoms with Crippen molar-refractivity contribution in [1.29, 1.82) is 0 Å². The molecule has 2 aliphatic rings. The Morgan fingerprint density at radius 2 is 2.19 bits per heavy atom. The predicted molar refractivity (Wildman–Crippen MR) is 96.4 cm³/mol. The summed E-state index contributed by atoms with van der Waals surface area (Å²) in [5.41, 5.74) is -4.19. The summed E-state index contributed by atoms with van der Waals surface area (Å²) in [5.74, 6) is 0.288. The van der Waals surface area contributed by atoms with Gasteiger partial charge in [-0.15, -0.1) is 0 Å². The van der Waals surface area contributed by atoms with E-state index < -0.39 is 16.3 Å². The number of nitrogens with zero attached hydrogens (tertiary/aromatic N) is 2. The third kappa shape index (κ3) is 3.54. The topological polar surface area (TPSA) is 50.3 Å². The van der Waals surface area contributed by atoms with Crippen LogP contribution in [0, 0.1) is 0 Å². The monoisotopic (exact) mass is 418 g/mol. The van der Waals surface area contributed by atoms with E-state index in [9.17, 15) is 22.2 Å². The van der Waals surface area contributed by atoms with Gasteiger partial charge in [0.1, 0.15) is 0 Å². The minimum absolute atomic E-state index is 0.0209. The number of carbonyl (C=O) groups excluding carboxylic acids is 1. The number of anilines is 1. The fourth-order valence-electron chi connectivity index (χ4n) is 3.26. The van der Waals surface area contributed by atoms with Crippen molar-refractivity contribution in [2.24, 2.45) is 0 Å². The number of hydrogen-bond donors (Lipinski definition) is 0. The number of ketones is 1. The molecule has 0 radical (unpaired) electrons. The number of halogens is 3. The molecule has 26 heavy (non-hydrogen) atoms. The molecule has 0 saturated carbocycles. The van der Waals surface area contributed by atoms with Crippen LogP contribution in [0.5, 0.6) is 0 Å². The maximum atomic E-state index is 12.6. The van der Waals surface area contributed by atoms with Crippen molar-refractivity contribution in [3.8, 4) is 0 Å².